The van der Waals surface area contributed by atoms with Gasteiger partial charge in [-0.1, -0.05) is 0 Å². The average Bonchev–Trinajstić information content (AvgIpc) is 3.51. The highest BCUT2D eigenvalue weighted by atomic mass is 32.2. The van der Waals surface area contributed by atoms with E-state index in [4.69, 9.17) is 4.98 Å². The number of fused-ring (bicyclic) bond motifs is 1. The number of hydrogen-bond acceptors (Lipinski definition) is 11. The highest BCUT2D eigenvalue weighted by Gasteiger charge is 2.49. The highest BCUT2D eigenvalue weighted by Crippen LogP contribution is 2.45. The molecule has 4 N–H and O–H groups in total. The number of anilines is 2. The van der Waals surface area contributed by atoms with E-state index in [0.717, 1.165) is 35.0 Å². The maximum Gasteiger partial charge on any atom is 0.252 e. The number of rotatable bonds is 8. The smallest absolute Gasteiger partial charge is 0.252 e. The summed E-state index contributed by atoms with van der Waals surface area (Å²) in [6.07, 6.45) is 3.33. The minimum Gasteiger partial charge on any atom is -0.388 e. The van der Waals surface area contributed by atoms with Gasteiger partial charge in [-0.15, -0.1) is 11.3 Å². The Hall–Kier alpha value is -2.55. The first-order valence-corrected chi connectivity index (χ1v) is 15.8. The maximum absolute atomic E-state index is 13.4. The topological polar surface area (TPSA) is 150 Å². The number of pyridine rings is 1. The van der Waals surface area contributed by atoms with Gasteiger partial charge in [-0.25, -0.2) is 27.2 Å². The van der Waals surface area contributed by atoms with E-state index >= 15 is 0 Å². The molecule has 3 unspecified atom stereocenters. The Balaban J connectivity index is 1.39. The number of alkyl halides is 2. The van der Waals surface area contributed by atoms with Crippen LogP contribution in [0.3, 0.4) is 0 Å². The van der Waals surface area contributed by atoms with Crippen LogP contribution in [0.1, 0.15) is 55.8 Å². The summed E-state index contributed by atoms with van der Waals surface area (Å²) in [5.41, 5.74) is 0.903. The van der Waals surface area contributed by atoms with Crippen LogP contribution in [0.2, 0.25) is 0 Å². The van der Waals surface area contributed by atoms with E-state index in [-0.39, 0.29) is 43.2 Å². The number of aromatic nitrogens is 4. The van der Waals surface area contributed by atoms with Crippen molar-refractivity contribution in [3.63, 3.8) is 0 Å². The van der Waals surface area contributed by atoms with Crippen molar-refractivity contribution in [1.82, 2.24) is 19.9 Å². The predicted octanol–water partition coefficient (Wildman–Crippen LogP) is 3.46. The first-order valence-electron chi connectivity index (χ1n) is 13.0. The summed E-state index contributed by atoms with van der Waals surface area (Å²) in [6.45, 7) is 1.75. The molecule has 6 rings (SSSR count). The van der Waals surface area contributed by atoms with E-state index in [9.17, 15) is 27.4 Å². The van der Waals surface area contributed by atoms with Gasteiger partial charge in [-0.2, -0.15) is 4.98 Å². The molecule has 3 aliphatic carbocycles. The predicted molar refractivity (Wildman–Crippen MR) is 144 cm³/mol. The minimum atomic E-state index is -3.38. The average molecular weight is 581 g/mol. The van der Waals surface area contributed by atoms with Gasteiger partial charge in [-0.05, 0) is 38.7 Å². The minimum absolute atomic E-state index is 0.0873. The van der Waals surface area contributed by atoms with Crippen LogP contribution >= 0.6 is 11.3 Å². The van der Waals surface area contributed by atoms with Crippen LogP contribution in [0.25, 0.3) is 20.8 Å². The fourth-order valence-electron chi connectivity index (χ4n) is 5.57. The third-order valence-electron chi connectivity index (χ3n) is 7.71. The molecule has 0 aliphatic heterocycles. The lowest BCUT2D eigenvalue weighted by atomic mass is 9.88. The lowest BCUT2D eigenvalue weighted by molar-refractivity contribution is -0.0794. The number of hydrogen-bond donors (Lipinski definition) is 4. The molecule has 39 heavy (non-hydrogen) atoms. The Kier molecular flexibility index (Phi) is 6.32. The molecule has 0 spiro atoms. The Morgan fingerprint density at radius 1 is 1.18 bits per heavy atom. The zero-order valence-corrected chi connectivity index (χ0v) is 23.1. The van der Waals surface area contributed by atoms with Crippen molar-refractivity contribution in [2.45, 2.75) is 75.2 Å². The molecule has 3 fully saturated rings. The molecule has 10 nitrogen and oxygen atoms in total. The quantitative estimate of drug-likeness (QED) is 0.292. The summed E-state index contributed by atoms with van der Waals surface area (Å²) >= 11 is 1.43. The van der Waals surface area contributed by atoms with Crippen LogP contribution < -0.4 is 10.6 Å². The fourth-order valence-corrected chi connectivity index (χ4v) is 7.77. The van der Waals surface area contributed by atoms with Crippen LogP contribution in [-0.2, 0) is 9.84 Å². The van der Waals surface area contributed by atoms with Crippen molar-refractivity contribution in [3.05, 3.63) is 23.7 Å². The van der Waals surface area contributed by atoms with Crippen LogP contribution in [0, 0.1) is 12.8 Å². The van der Waals surface area contributed by atoms with E-state index in [2.05, 4.69) is 25.6 Å². The molecule has 3 aromatic rings. The molecule has 3 aliphatic rings. The van der Waals surface area contributed by atoms with Gasteiger partial charge in [0.15, 0.2) is 5.72 Å². The first kappa shape index (κ1) is 26.7. The second kappa shape index (κ2) is 9.25. The SMILES string of the molecule is Cc1nc(NC2CC(F)(F)C2)nc(NC2(O)CCC(CS(C)(=O)=O)C2O)c1-c1nc2c(C3CC3)nccc2s1. The van der Waals surface area contributed by atoms with Gasteiger partial charge >= 0.3 is 0 Å². The van der Waals surface area contributed by atoms with Crippen molar-refractivity contribution in [3.8, 4) is 10.6 Å². The highest BCUT2D eigenvalue weighted by molar-refractivity contribution is 7.90. The van der Waals surface area contributed by atoms with Gasteiger partial charge in [0.25, 0.3) is 5.92 Å². The summed E-state index contributed by atoms with van der Waals surface area (Å²) < 4.78 is 51.6. The number of thiazole rings is 1. The van der Waals surface area contributed by atoms with Crippen molar-refractivity contribution in [1.29, 1.82) is 0 Å². The number of nitrogens with one attached hydrogen (secondary N) is 2. The Bertz CT molecular complexity index is 1540. The Labute approximate surface area is 228 Å². The number of aliphatic hydroxyl groups is 2. The van der Waals surface area contributed by atoms with Crippen molar-refractivity contribution >= 4 is 43.2 Å². The van der Waals surface area contributed by atoms with Crippen molar-refractivity contribution in [2.75, 3.05) is 22.6 Å². The van der Waals surface area contributed by atoms with Gasteiger partial charge in [0.05, 0.1) is 27.4 Å². The number of nitrogens with zero attached hydrogens (tertiary/aromatic N) is 4. The summed E-state index contributed by atoms with van der Waals surface area (Å²) in [7, 11) is -3.38. The molecule has 0 bridgehead atoms. The Morgan fingerprint density at radius 2 is 1.92 bits per heavy atom. The summed E-state index contributed by atoms with van der Waals surface area (Å²) in [5, 5.41) is 28.9. The van der Waals surface area contributed by atoms with Gasteiger partial charge in [0.2, 0.25) is 5.95 Å². The fraction of sp³-hybridized carbons (Fsp3) is 0.600. The van der Waals surface area contributed by atoms with Gasteiger partial charge in [-0.3, -0.25) is 4.98 Å². The molecule has 14 heteroatoms. The number of aryl methyl sites for hydroxylation is 1. The van der Waals surface area contributed by atoms with Crippen LogP contribution in [0.15, 0.2) is 12.3 Å². The molecular formula is C25H30F2N6O4S2. The first-order chi connectivity index (χ1) is 18.3. The van der Waals surface area contributed by atoms with Gasteiger partial charge in [0, 0.05) is 43.2 Å². The second-order valence-electron chi connectivity index (χ2n) is 11.2. The molecular weight excluding hydrogens is 550 g/mol. The number of aliphatic hydroxyl groups excluding tert-OH is 1. The molecule has 0 radical (unpaired) electrons. The van der Waals surface area contributed by atoms with E-state index in [1.54, 1.807) is 13.1 Å². The molecule has 3 saturated carbocycles. The third-order valence-corrected chi connectivity index (χ3v) is 9.78. The largest absolute Gasteiger partial charge is 0.388 e. The van der Waals surface area contributed by atoms with Gasteiger partial charge in [0.1, 0.15) is 32.3 Å². The van der Waals surface area contributed by atoms with Gasteiger partial charge < -0.3 is 20.8 Å². The van der Waals surface area contributed by atoms with Crippen molar-refractivity contribution < 1.29 is 27.4 Å². The zero-order chi connectivity index (χ0) is 27.7. The molecule has 3 aromatic heterocycles. The molecule has 0 aromatic carbocycles. The van der Waals surface area contributed by atoms with E-state index in [0.29, 0.717) is 22.2 Å². The number of sulfone groups is 1. The second-order valence-corrected chi connectivity index (χ2v) is 14.4. The maximum atomic E-state index is 13.4. The van der Waals surface area contributed by atoms with Crippen LogP contribution in [-0.4, -0.2) is 74.4 Å². The normalized spacial score (nSPS) is 27.0. The monoisotopic (exact) mass is 580 g/mol. The van der Waals surface area contributed by atoms with Crippen LogP contribution in [0.4, 0.5) is 20.5 Å². The Morgan fingerprint density at radius 3 is 2.59 bits per heavy atom. The molecule has 0 amide bonds. The molecule has 0 saturated heterocycles. The van der Waals surface area contributed by atoms with E-state index < -0.39 is 39.5 Å². The lowest BCUT2D eigenvalue weighted by Crippen LogP contribution is -2.48. The summed E-state index contributed by atoms with van der Waals surface area (Å²) in [6, 6.07) is 1.40. The summed E-state index contributed by atoms with van der Waals surface area (Å²) in [4.78, 5) is 18.5. The van der Waals surface area contributed by atoms with Crippen molar-refractivity contribution in [2.24, 2.45) is 5.92 Å². The molecule has 3 atom stereocenters. The molecule has 210 valence electrons. The standard InChI is InChI=1S/C25H30F2N6O4S2/c1-12-17(22-31-19-16(38-22)6-8-28-18(19)13-3-4-13)21(32-23(29-12)30-15-9-24(26,27)10-15)33-25(35)7-5-14(20(25)34)11-39(2,36)37/h6,8,13-15,20,34-35H,3-5,7,9-11H2,1-2H3,(H2,29,30,32,33). The van der Waals surface area contributed by atoms with E-state index in [1.165, 1.54) is 11.3 Å². The zero-order valence-electron chi connectivity index (χ0n) is 21.5. The van der Waals surface area contributed by atoms with E-state index in [1.807, 2.05) is 6.07 Å². The summed E-state index contributed by atoms with van der Waals surface area (Å²) in [5.74, 6) is -2.97. The lowest BCUT2D eigenvalue weighted by Gasteiger charge is -2.35. The third kappa shape index (κ3) is 5.31. The molecule has 3 heterocycles. The number of halogens is 2. The van der Waals surface area contributed by atoms with Crippen LogP contribution in [0.5, 0.6) is 0 Å².